The fourth-order valence-corrected chi connectivity index (χ4v) is 2.97. The van der Waals surface area contributed by atoms with Gasteiger partial charge in [-0.05, 0) is 48.2 Å². The normalized spacial score (nSPS) is 10.4. The molecule has 0 aliphatic carbocycles. The molecule has 0 spiro atoms. The molecule has 0 saturated heterocycles. The van der Waals surface area contributed by atoms with Gasteiger partial charge < -0.3 is 4.74 Å². The molecule has 0 unspecified atom stereocenters. The average Bonchev–Trinajstić information content (AvgIpc) is 2.68. The molecular formula is C22H19NO4. The lowest BCUT2D eigenvalue weighted by Crippen LogP contribution is -1.95. The predicted octanol–water partition coefficient (Wildman–Crippen LogP) is 5.06. The van der Waals surface area contributed by atoms with E-state index in [4.69, 9.17) is 4.74 Å². The van der Waals surface area contributed by atoms with Crippen LogP contribution in [0.25, 0.3) is 11.1 Å². The number of hydrogen-bond acceptors (Lipinski definition) is 4. The van der Waals surface area contributed by atoms with Crippen LogP contribution >= 0.6 is 0 Å². The summed E-state index contributed by atoms with van der Waals surface area (Å²) in [5.74, 6) is 0.737. The average molecular weight is 361 g/mol. The van der Waals surface area contributed by atoms with Gasteiger partial charge in [-0.1, -0.05) is 36.4 Å². The van der Waals surface area contributed by atoms with Crippen molar-refractivity contribution in [3.05, 3.63) is 93.5 Å². The van der Waals surface area contributed by atoms with Gasteiger partial charge in [0.05, 0.1) is 12.0 Å². The molecule has 0 heterocycles. The predicted molar refractivity (Wildman–Crippen MR) is 104 cm³/mol. The molecule has 0 saturated carbocycles. The van der Waals surface area contributed by atoms with Crippen LogP contribution in [-0.2, 0) is 6.42 Å². The minimum atomic E-state index is -0.405. The Morgan fingerprint density at radius 1 is 1.00 bits per heavy atom. The number of nitrogens with zero attached hydrogens (tertiary/aromatic N) is 1. The molecule has 3 rings (SSSR count). The molecule has 27 heavy (non-hydrogen) atoms. The lowest BCUT2D eigenvalue weighted by Gasteiger charge is -2.12. The zero-order chi connectivity index (χ0) is 19.4. The number of non-ortho nitro benzene ring substituents is 1. The molecule has 0 amide bonds. The van der Waals surface area contributed by atoms with Crippen LogP contribution in [0.3, 0.4) is 0 Å². The number of Topliss-reactive ketones (excluding diaryl/α,β-unsaturated/α-hetero) is 1. The molecule has 0 aliphatic heterocycles. The molecule has 0 atom stereocenters. The summed E-state index contributed by atoms with van der Waals surface area (Å²) in [6.45, 7) is 1.54. The monoisotopic (exact) mass is 361 g/mol. The summed E-state index contributed by atoms with van der Waals surface area (Å²) >= 11 is 0. The van der Waals surface area contributed by atoms with Crippen LogP contribution in [-0.4, -0.2) is 17.8 Å². The van der Waals surface area contributed by atoms with E-state index in [0.29, 0.717) is 12.0 Å². The van der Waals surface area contributed by atoms with Crippen molar-refractivity contribution < 1.29 is 14.5 Å². The van der Waals surface area contributed by atoms with Crippen molar-refractivity contribution in [1.82, 2.24) is 0 Å². The third kappa shape index (κ3) is 4.20. The van der Waals surface area contributed by atoms with Crippen molar-refractivity contribution in [3.63, 3.8) is 0 Å². The maximum atomic E-state index is 11.7. The van der Waals surface area contributed by atoms with E-state index in [1.807, 2.05) is 36.4 Å². The van der Waals surface area contributed by atoms with E-state index < -0.39 is 4.92 Å². The van der Waals surface area contributed by atoms with E-state index in [9.17, 15) is 14.9 Å². The second-order valence-corrected chi connectivity index (χ2v) is 6.27. The van der Waals surface area contributed by atoms with Crippen LogP contribution in [0.15, 0.2) is 66.7 Å². The summed E-state index contributed by atoms with van der Waals surface area (Å²) < 4.78 is 5.49. The third-order valence-electron chi connectivity index (χ3n) is 4.40. The van der Waals surface area contributed by atoms with E-state index in [-0.39, 0.29) is 11.5 Å². The van der Waals surface area contributed by atoms with Crippen LogP contribution in [0.4, 0.5) is 5.69 Å². The Bertz CT molecular complexity index is 993. The Kier molecular flexibility index (Phi) is 5.31. The maximum Gasteiger partial charge on any atom is 0.269 e. The molecule has 136 valence electrons. The molecule has 0 bridgehead atoms. The van der Waals surface area contributed by atoms with E-state index >= 15 is 0 Å². The van der Waals surface area contributed by atoms with E-state index in [1.54, 1.807) is 32.2 Å². The number of carbonyl (C=O) groups is 1. The minimum absolute atomic E-state index is 0.0119. The second kappa shape index (κ2) is 7.83. The first-order chi connectivity index (χ1) is 13.0. The molecular weight excluding hydrogens is 342 g/mol. The number of ether oxygens (including phenoxy) is 1. The van der Waals surface area contributed by atoms with Gasteiger partial charge in [0, 0.05) is 23.3 Å². The first kappa shape index (κ1) is 18.3. The molecule has 5 heteroatoms. The van der Waals surface area contributed by atoms with Gasteiger partial charge >= 0.3 is 0 Å². The highest BCUT2D eigenvalue weighted by Gasteiger charge is 2.10. The highest BCUT2D eigenvalue weighted by atomic mass is 16.6. The fraction of sp³-hybridized carbons (Fsp3) is 0.136. The van der Waals surface area contributed by atoms with E-state index in [2.05, 4.69) is 0 Å². The molecule has 3 aromatic carbocycles. The van der Waals surface area contributed by atoms with Gasteiger partial charge in [0.2, 0.25) is 0 Å². The zero-order valence-corrected chi connectivity index (χ0v) is 15.1. The van der Waals surface area contributed by atoms with Gasteiger partial charge in [-0.15, -0.1) is 0 Å². The van der Waals surface area contributed by atoms with Crippen molar-refractivity contribution in [1.29, 1.82) is 0 Å². The molecule has 0 fully saturated rings. The van der Waals surface area contributed by atoms with Crippen LogP contribution in [0, 0.1) is 10.1 Å². The maximum absolute atomic E-state index is 11.7. The molecule has 0 aliphatic rings. The molecule has 3 aromatic rings. The number of hydrogen-bond donors (Lipinski definition) is 0. The van der Waals surface area contributed by atoms with Crippen LogP contribution in [0.1, 0.15) is 28.4 Å². The first-order valence-corrected chi connectivity index (χ1v) is 8.49. The standard InChI is InChI=1S/C22H19NO4/c1-15(24)18-4-3-5-19(14-18)21-13-17(8-11-22(21)27-2)12-16-6-9-20(10-7-16)23(25)26/h3-11,13-14H,12H2,1-2H3. The Morgan fingerprint density at radius 3 is 2.33 bits per heavy atom. The van der Waals surface area contributed by atoms with Crippen molar-refractivity contribution in [3.8, 4) is 16.9 Å². The lowest BCUT2D eigenvalue weighted by molar-refractivity contribution is -0.384. The summed E-state index contributed by atoms with van der Waals surface area (Å²) in [5, 5.41) is 10.8. The summed E-state index contributed by atoms with van der Waals surface area (Å²) in [7, 11) is 1.61. The Morgan fingerprint density at radius 2 is 1.70 bits per heavy atom. The first-order valence-electron chi connectivity index (χ1n) is 8.49. The summed E-state index contributed by atoms with van der Waals surface area (Å²) in [5.41, 5.74) is 4.57. The van der Waals surface area contributed by atoms with Crippen LogP contribution in [0.2, 0.25) is 0 Å². The summed E-state index contributed by atoms with van der Waals surface area (Å²) in [6, 6.07) is 19.9. The van der Waals surface area contributed by atoms with Crippen molar-refractivity contribution in [2.45, 2.75) is 13.3 Å². The van der Waals surface area contributed by atoms with Gasteiger partial charge in [0.15, 0.2) is 5.78 Å². The molecule has 0 N–H and O–H groups in total. The number of benzene rings is 3. The fourth-order valence-electron chi connectivity index (χ4n) is 2.97. The van der Waals surface area contributed by atoms with E-state index in [0.717, 1.165) is 28.0 Å². The van der Waals surface area contributed by atoms with Gasteiger partial charge in [-0.25, -0.2) is 0 Å². The Labute approximate surface area is 157 Å². The van der Waals surface area contributed by atoms with Crippen molar-refractivity contribution in [2.24, 2.45) is 0 Å². The van der Waals surface area contributed by atoms with Crippen molar-refractivity contribution in [2.75, 3.05) is 7.11 Å². The van der Waals surface area contributed by atoms with Crippen molar-refractivity contribution >= 4 is 11.5 Å². The quantitative estimate of drug-likeness (QED) is 0.349. The molecule has 0 radical (unpaired) electrons. The van der Waals surface area contributed by atoms with Crippen LogP contribution < -0.4 is 4.74 Å². The molecule has 5 nitrogen and oxygen atoms in total. The SMILES string of the molecule is COc1ccc(Cc2ccc([N+](=O)[O-])cc2)cc1-c1cccc(C(C)=O)c1. The highest BCUT2D eigenvalue weighted by Crippen LogP contribution is 2.32. The number of rotatable bonds is 6. The minimum Gasteiger partial charge on any atom is -0.496 e. The highest BCUT2D eigenvalue weighted by molar-refractivity contribution is 5.95. The summed E-state index contributed by atoms with van der Waals surface area (Å²) in [6.07, 6.45) is 0.640. The van der Waals surface area contributed by atoms with Gasteiger partial charge in [0.1, 0.15) is 5.75 Å². The number of nitro benzene ring substituents is 1. The number of nitro groups is 1. The topological polar surface area (TPSA) is 69.4 Å². The second-order valence-electron chi connectivity index (χ2n) is 6.27. The lowest BCUT2D eigenvalue weighted by atomic mass is 9.96. The van der Waals surface area contributed by atoms with E-state index in [1.165, 1.54) is 12.1 Å². The van der Waals surface area contributed by atoms with Gasteiger partial charge in [-0.3, -0.25) is 14.9 Å². The number of ketones is 1. The largest absolute Gasteiger partial charge is 0.496 e. The molecule has 0 aromatic heterocycles. The zero-order valence-electron chi connectivity index (χ0n) is 15.1. The number of carbonyl (C=O) groups excluding carboxylic acids is 1. The van der Waals surface area contributed by atoms with Gasteiger partial charge in [-0.2, -0.15) is 0 Å². The number of methoxy groups -OCH3 is 1. The third-order valence-corrected chi connectivity index (χ3v) is 4.40. The smallest absolute Gasteiger partial charge is 0.269 e. The Hall–Kier alpha value is -3.47. The van der Waals surface area contributed by atoms with Gasteiger partial charge in [0.25, 0.3) is 5.69 Å². The van der Waals surface area contributed by atoms with Crippen LogP contribution in [0.5, 0.6) is 5.75 Å². The summed E-state index contributed by atoms with van der Waals surface area (Å²) in [4.78, 5) is 22.1. The Balaban J connectivity index is 1.95.